The number of nitrogen functional groups attached to an aromatic ring is 1. The van der Waals surface area contributed by atoms with E-state index in [1.165, 1.54) is 18.8 Å². The highest BCUT2D eigenvalue weighted by atomic mass is 16.1. The second kappa shape index (κ2) is 5.52. The third kappa shape index (κ3) is 3.64. The van der Waals surface area contributed by atoms with Crippen LogP contribution in [0, 0.1) is 5.41 Å². The fraction of sp³-hybridized carbons (Fsp3) is 0.615. The average Bonchev–Trinajstić information content (AvgIpc) is 2.37. The van der Waals surface area contributed by atoms with E-state index in [-0.39, 0.29) is 11.9 Å². The monoisotopic (exact) mass is 263 g/mol. The van der Waals surface area contributed by atoms with Crippen molar-refractivity contribution in [1.29, 1.82) is 0 Å². The van der Waals surface area contributed by atoms with Gasteiger partial charge in [-0.25, -0.2) is 10.8 Å². The number of carbonyl (C=O) groups is 1. The number of anilines is 1. The van der Waals surface area contributed by atoms with Crippen LogP contribution < -0.4 is 16.6 Å². The van der Waals surface area contributed by atoms with Gasteiger partial charge in [0.2, 0.25) is 0 Å². The Balaban J connectivity index is 2.00. The molecule has 0 spiro atoms. The molecule has 19 heavy (non-hydrogen) atoms. The lowest BCUT2D eigenvalue weighted by atomic mass is 9.75. The Hall–Kier alpha value is -1.69. The van der Waals surface area contributed by atoms with Crippen LogP contribution in [0.1, 0.15) is 50.0 Å². The molecule has 4 N–H and O–H groups in total. The number of rotatable bonds is 3. The predicted octanol–water partition coefficient (Wildman–Crippen LogP) is 1.46. The van der Waals surface area contributed by atoms with Gasteiger partial charge in [-0.1, -0.05) is 20.3 Å². The van der Waals surface area contributed by atoms with Gasteiger partial charge in [0.15, 0.2) is 5.82 Å². The van der Waals surface area contributed by atoms with Gasteiger partial charge in [-0.05, 0) is 24.7 Å². The summed E-state index contributed by atoms with van der Waals surface area (Å²) in [7, 11) is 0. The first-order valence-electron chi connectivity index (χ1n) is 6.60. The Labute approximate surface area is 113 Å². The maximum atomic E-state index is 12.1. The molecule has 6 nitrogen and oxygen atoms in total. The molecule has 6 heteroatoms. The molecule has 1 heterocycles. The fourth-order valence-corrected chi connectivity index (χ4v) is 2.63. The van der Waals surface area contributed by atoms with Crippen molar-refractivity contribution in [1.82, 2.24) is 15.3 Å². The fourth-order valence-electron chi connectivity index (χ4n) is 2.63. The van der Waals surface area contributed by atoms with Crippen LogP contribution in [0.15, 0.2) is 12.4 Å². The molecule has 104 valence electrons. The Bertz CT molecular complexity index is 460. The molecule has 0 aliphatic heterocycles. The molecule has 1 unspecified atom stereocenters. The van der Waals surface area contributed by atoms with Crippen LogP contribution in [0.2, 0.25) is 0 Å². The van der Waals surface area contributed by atoms with E-state index in [0.717, 1.165) is 19.3 Å². The van der Waals surface area contributed by atoms with E-state index in [2.05, 4.69) is 34.6 Å². The zero-order valence-electron chi connectivity index (χ0n) is 11.4. The molecule has 1 aliphatic carbocycles. The smallest absolute Gasteiger partial charge is 0.271 e. The van der Waals surface area contributed by atoms with Gasteiger partial charge in [-0.3, -0.25) is 9.78 Å². The van der Waals surface area contributed by atoms with Gasteiger partial charge in [0.05, 0.1) is 12.4 Å². The van der Waals surface area contributed by atoms with E-state index >= 15 is 0 Å². The summed E-state index contributed by atoms with van der Waals surface area (Å²) in [5.74, 6) is 5.45. The first kappa shape index (κ1) is 13.7. The molecular formula is C13H21N5O. The van der Waals surface area contributed by atoms with Crippen LogP contribution in [0.4, 0.5) is 5.82 Å². The molecular weight excluding hydrogens is 242 g/mol. The highest BCUT2D eigenvalue weighted by molar-refractivity contribution is 5.92. The summed E-state index contributed by atoms with van der Waals surface area (Å²) < 4.78 is 0. The molecule has 0 radical (unpaired) electrons. The third-order valence-electron chi connectivity index (χ3n) is 3.56. The summed E-state index contributed by atoms with van der Waals surface area (Å²) in [4.78, 5) is 20.1. The Morgan fingerprint density at radius 1 is 1.47 bits per heavy atom. The molecule has 2 rings (SSSR count). The van der Waals surface area contributed by atoms with Gasteiger partial charge in [0.1, 0.15) is 5.69 Å². The maximum absolute atomic E-state index is 12.1. The summed E-state index contributed by atoms with van der Waals surface area (Å²) in [5, 5.41) is 3.03. The first-order chi connectivity index (χ1) is 9.00. The SMILES string of the molecule is CC1(C)CCCC(NC(=O)c2cncc(NN)n2)C1. The van der Waals surface area contributed by atoms with E-state index < -0.39 is 0 Å². The maximum Gasteiger partial charge on any atom is 0.271 e. The second-order valence-electron chi connectivity index (χ2n) is 5.86. The minimum Gasteiger partial charge on any atom is -0.348 e. The van der Waals surface area contributed by atoms with Crippen molar-refractivity contribution in [3.8, 4) is 0 Å². The number of nitrogens with two attached hydrogens (primary N) is 1. The molecule has 1 saturated carbocycles. The standard InChI is InChI=1S/C13H21N5O/c1-13(2)5-3-4-9(6-13)16-12(19)10-7-15-8-11(17-10)18-14/h7-9H,3-6,14H2,1-2H3,(H,16,19)(H,17,18). The van der Waals surface area contributed by atoms with Gasteiger partial charge in [-0.15, -0.1) is 0 Å². The van der Waals surface area contributed by atoms with E-state index in [1.807, 2.05) is 0 Å². The van der Waals surface area contributed by atoms with E-state index in [1.54, 1.807) is 0 Å². The third-order valence-corrected chi connectivity index (χ3v) is 3.56. The van der Waals surface area contributed by atoms with Crippen LogP contribution >= 0.6 is 0 Å². The lowest BCUT2D eigenvalue weighted by Gasteiger charge is -2.35. The topological polar surface area (TPSA) is 92.9 Å². The lowest BCUT2D eigenvalue weighted by molar-refractivity contribution is 0.0897. The quantitative estimate of drug-likeness (QED) is 0.567. The van der Waals surface area contributed by atoms with Crippen molar-refractivity contribution < 1.29 is 4.79 Å². The zero-order valence-corrected chi connectivity index (χ0v) is 11.4. The largest absolute Gasteiger partial charge is 0.348 e. The van der Waals surface area contributed by atoms with Crippen molar-refractivity contribution in [2.45, 2.75) is 45.6 Å². The van der Waals surface area contributed by atoms with Crippen molar-refractivity contribution in [3.63, 3.8) is 0 Å². The number of aromatic nitrogens is 2. The Morgan fingerprint density at radius 2 is 2.26 bits per heavy atom. The Morgan fingerprint density at radius 3 is 2.95 bits per heavy atom. The molecule has 1 atom stereocenters. The van der Waals surface area contributed by atoms with Crippen LogP contribution in [0.25, 0.3) is 0 Å². The predicted molar refractivity (Wildman–Crippen MR) is 73.3 cm³/mol. The number of nitrogens with one attached hydrogen (secondary N) is 2. The normalized spacial score (nSPS) is 21.7. The minimum absolute atomic E-state index is 0.188. The summed E-state index contributed by atoms with van der Waals surface area (Å²) in [6.07, 6.45) is 7.31. The van der Waals surface area contributed by atoms with Gasteiger partial charge < -0.3 is 10.7 Å². The van der Waals surface area contributed by atoms with Crippen LogP contribution in [-0.4, -0.2) is 21.9 Å². The van der Waals surface area contributed by atoms with Gasteiger partial charge in [-0.2, -0.15) is 0 Å². The molecule has 1 fully saturated rings. The second-order valence-corrected chi connectivity index (χ2v) is 5.86. The highest BCUT2D eigenvalue weighted by Gasteiger charge is 2.29. The lowest BCUT2D eigenvalue weighted by Crippen LogP contribution is -2.41. The summed E-state index contributed by atoms with van der Waals surface area (Å²) >= 11 is 0. The van der Waals surface area contributed by atoms with E-state index in [9.17, 15) is 4.79 Å². The number of hydrazine groups is 1. The zero-order chi connectivity index (χ0) is 13.9. The number of amides is 1. The molecule has 0 bridgehead atoms. The number of nitrogens with zero attached hydrogens (tertiary/aromatic N) is 2. The van der Waals surface area contributed by atoms with Gasteiger partial charge in [0.25, 0.3) is 5.91 Å². The highest BCUT2D eigenvalue weighted by Crippen LogP contribution is 2.35. The van der Waals surface area contributed by atoms with Crippen LogP contribution in [0.5, 0.6) is 0 Å². The van der Waals surface area contributed by atoms with Crippen molar-refractivity contribution in [2.75, 3.05) is 5.43 Å². The van der Waals surface area contributed by atoms with Gasteiger partial charge in [0, 0.05) is 6.04 Å². The summed E-state index contributed by atoms with van der Waals surface area (Å²) in [6.45, 7) is 4.48. The van der Waals surface area contributed by atoms with Crippen molar-refractivity contribution >= 4 is 11.7 Å². The first-order valence-corrected chi connectivity index (χ1v) is 6.60. The van der Waals surface area contributed by atoms with Crippen LogP contribution in [-0.2, 0) is 0 Å². The molecule has 1 aromatic heterocycles. The molecule has 0 saturated heterocycles. The van der Waals surface area contributed by atoms with E-state index in [4.69, 9.17) is 5.84 Å². The van der Waals surface area contributed by atoms with E-state index in [0.29, 0.717) is 16.9 Å². The summed E-state index contributed by atoms with van der Waals surface area (Å²) in [6, 6.07) is 0.215. The molecule has 1 aliphatic rings. The van der Waals surface area contributed by atoms with Crippen LogP contribution in [0.3, 0.4) is 0 Å². The number of carbonyl (C=O) groups excluding carboxylic acids is 1. The van der Waals surface area contributed by atoms with Crippen molar-refractivity contribution in [2.24, 2.45) is 11.3 Å². The minimum atomic E-state index is -0.188. The molecule has 1 amide bonds. The van der Waals surface area contributed by atoms with Crippen molar-refractivity contribution in [3.05, 3.63) is 18.1 Å². The summed E-state index contributed by atoms with van der Waals surface area (Å²) in [5.41, 5.74) is 2.97. The molecule has 0 aromatic carbocycles. The van der Waals surface area contributed by atoms with Gasteiger partial charge >= 0.3 is 0 Å². The number of hydrogen-bond acceptors (Lipinski definition) is 5. The number of hydrogen-bond donors (Lipinski definition) is 3. The average molecular weight is 263 g/mol. The molecule has 1 aromatic rings. The Kier molecular flexibility index (Phi) is 3.99.